The molecule has 3 rings (SSSR count). The fraction of sp³-hybridized carbons (Fsp3) is 0.857. The first-order valence-corrected chi connectivity index (χ1v) is 7.15. The van der Waals surface area contributed by atoms with Crippen LogP contribution in [0.1, 0.15) is 33.1 Å². The zero-order chi connectivity index (χ0) is 14.4. The third-order valence-electron chi connectivity index (χ3n) is 5.01. The second kappa shape index (κ2) is 4.79. The minimum absolute atomic E-state index is 0.127. The van der Waals surface area contributed by atoms with Crippen molar-refractivity contribution < 1.29 is 28.5 Å². The van der Waals surface area contributed by atoms with Gasteiger partial charge in [-0.1, -0.05) is 13.8 Å². The summed E-state index contributed by atoms with van der Waals surface area (Å²) in [5, 5.41) is 0. The van der Waals surface area contributed by atoms with Gasteiger partial charge in [0, 0.05) is 18.3 Å². The van der Waals surface area contributed by atoms with E-state index >= 15 is 0 Å². The summed E-state index contributed by atoms with van der Waals surface area (Å²) in [4.78, 5) is 22.9. The molecule has 3 aliphatic heterocycles. The highest BCUT2D eigenvalue weighted by atomic mass is 16.9. The van der Waals surface area contributed by atoms with Crippen LogP contribution >= 0.6 is 0 Å². The maximum absolute atomic E-state index is 11.7. The molecule has 2 bridgehead atoms. The highest BCUT2D eigenvalue weighted by Gasteiger charge is 2.68. The maximum atomic E-state index is 11.7. The van der Waals surface area contributed by atoms with Crippen molar-refractivity contribution in [3.8, 4) is 0 Å². The molecule has 0 N–H and O–H groups in total. The van der Waals surface area contributed by atoms with Crippen LogP contribution in [0.5, 0.6) is 0 Å². The zero-order valence-electron chi connectivity index (χ0n) is 11.8. The summed E-state index contributed by atoms with van der Waals surface area (Å²) in [5.74, 6) is -0.825. The second-order valence-electron chi connectivity index (χ2n) is 5.85. The molecular formula is C14H20O6. The summed E-state index contributed by atoms with van der Waals surface area (Å²) in [6.07, 6.45) is 2.46. The SMILES string of the molecule is CCC12CCOC(O1)OC21COC(=O)CC1C(C)C=O. The lowest BCUT2D eigenvalue weighted by Gasteiger charge is -2.49. The lowest BCUT2D eigenvalue weighted by atomic mass is 9.65. The summed E-state index contributed by atoms with van der Waals surface area (Å²) >= 11 is 0. The molecule has 6 nitrogen and oxygen atoms in total. The number of hydrogen-bond acceptors (Lipinski definition) is 6. The molecule has 1 spiro atoms. The number of hydrogen-bond donors (Lipinski definition) is 0. The van der Waals surface area contributed by atoms with Crippen LogP contribution in [0.25, 0.3) is 0 Å². The van der Waals surface area contributed by atoms with Gasteiger partial charge >= 0.3 is 5.97 Å². The molecule has 6 heteroatoms. The van der Waals surface area contributed by atoms with Gasteiger partial charge in [-0.2, -0.15) is 0 Å². The van der Waals surface area contributed by atoms with E-state index < -0.39 is 17.7 Å². The Hall–Kier alpha value is -0.980. The number of cyclic esters (lactones) is 1. The highest BCUT2D eigenvalue weighted by molar-refractivity contribution is 5.72. The van der Waals surface area contributed by atoms with Crippen molar-refractivity contribution in [1.82, 2.24) is 0 Å². The standard InChI is InChI=1S/C14H20O6/c1-3-13-4-5-17-12(19-13)20-14(13)8-18-11(16)6-10(14)9(2)7-15/h7,9-10,12H,3-6,8H2,1-2H3. The van der Waals surface area contributed by atoms with Crippen LogP contribution in [0.4, 0.5) is 0 Å². The Bertz CT molecular complexity index is 424. The van der Waals surface area contributed by atoms with Gasteiger partial charge in [0.05, 0.1) is 13.0 Å². The van der Waals surface area contributed by atoms with E-state index in [1.54, 1.807) is 0 Å². The van der Waals surface area contributed by atoms with E-state index in [4.69, 9.17) is 18.9 Å². The molecular weight excluding hydrogens is 264 g/mol. The van der Waals surface area contributed by atoms with Crippen molar-refractivity contribution in [2.24, 2.45) is 11.8 Å². The Kier molecular flexibility index (Phi) is 3.35. The van der Waals surface area contributed by atoms with Crippen LogP contribution < -0.4 is 0 Å². The van der Waals surface area contributed by atoms with Crippen molar-refractivity contribution >= 4 is 12.3 Å². The zero-order valence-corrected chi connectivity index (χ0v) is 11.8. The largest absolute Gasteiger partial charge is 0.462 e. The first-order valence-electron chi connectivity index (χ1n) is 7.15. The average molecular weight is 284 g/mol. The number of ether oxygens (including phenoxy) is 4. The van der Waals surface area contributed by atoms with Gasteiger partial charge in [-0.25, -0.2) is 0 Å². The van der Waals surface area contributed by atoms with Crippen LogP contribution in [0.2, 0.25) is 0 Å². The number of rotatable bonds is 3. The van der Waals surface area contributed by atoms with E-state index in [-0.39, 0.29) is 30.8 Å². The highest BCUT2D eigenvalue weighted by Crippen LogP contribution is 2.54. The molecule has 3 saturated heterocycles. The predicted octanol–water partition coefficient (Wildman–Crippen LogP) is 1.02. The lowest BCUT2D eigenvalue weighted by Crippen LogP contribution is -2.63. The summed E-state index contributed by atoms with van der Waals surface area (Å²) < 4.78 is 22.6. The molecule has 0 aliphatic carbocycles. The Morgan fingerprint density at radius 2 is 2.25 bits per heavy atom. The van der Waals surface area contributed by atoms with Gasteiger partial charge in [0.15, 0.2) is 0 Å². The van der Waals surface area contributed by atoms with Gasteiger partial charge in [0.1, 0.15) is 24.1 Å². The Balaban J connectivity index is 2.02. The summed E-state index contributed by atoms with van der Waals surface area (Å²) in [6.45, 7) is 3.80. The van der Waals surface area contributed by atoms with Crippen LogP contribution in [-0.4, -0.2) is 43.1 Å². The van der Waals surface area contributed by atoms with E-state index in [9.17, 15) is 9.59 Å². The molecule has 0 aromatic rings. The van der Waals surface area contributed by atoms with Crippen molar-refractivity contribution in [3.05, 3.63) is 0 Å². The van der Waals surface area contributed by atoms with Gasteiger partial charge in [-0.05, 0) is 6.42 Å². The molecule has 5 unspecified atom stereocenters. The Morgan fingerprint density at radius 3 is 2.95 bits per heavy atom. The van der Waals surface area contributed by atoms with Gasteiger partial charge < -0.3 is 23.7 Å². The fourth-order valence-corrected chi connectivity index (χ4v) is 3.80. The van der Waals surface area contributed by atoms with Gasteiger partial charge in [-0.15, -0.1) is 0 Å². The molecule has 3 fully saturated rings. The van der Waals surface area contributed by atoms with Crippen molar-refractivity contribution in [1.29, 1.82) is 0 Å². The van der Waals surface area contributed by atoms with Crippen LogP contribution in [0.3, 0.4) is 0 Å². The number of carbonyl (C=O) groups excluding carboxylic acids is 2. The second-order valence-corrected chi connectivity index (χ2v) is 5.85. The van der Waals surface area contributed by atoms with E-state index in [2.05, 4.69) is 0 Å². The number of aldehydes is 1. The fourth-order valence-electron chi connectivity index (χ4n) is 3.80. The van der Waals surface area contributed by atoms with Crippen LogP contribution in [0.15, 0.2) is 0 Å². The maximum Gasteiger partial charge on any atom is 0.306 e. The van der Waals surface area contributed by atoms with Crippen molar-refractivity contribution in [2.75, 3.05) is 13.2 Å². The molecule has 0 saturated carbocycles. The molecule has 5 atom stereocenters. The quantitative estimate of drug-likeness (QED) is 0.569. The van der Waals surface area contributed by atoms with E-state index in [0.29, 0.717) is 13.0 Å². The minimum atomic E-state index is -0.781. The van der Waals surface area contributed by atoms with Crippen molar-refractivity contribution in [3.63, 3.8) is 0 Å². The molecule has 3 aliphatic rings. The summed E-state index contributed by atoms with van der Waals surface area (Å²) in [7, 11) is 0. The Morgan fingerprint density at radius 1 is 1.45 bits per heavy atom. The average Bonchev–Trinajstić information content (AvgIpc) is 2.69. The lowest BCUT2D eigenvalue weighted by molar-refractivity contribution is -0.283. The number of carbonyl (C=O) groups is 2. The molecule has 20 heavy (non-hydrogen) atoms. The van der Waals surface area contributed by atoms with E-state index in [1.807, 2.05) is 13.8 Å². The first-order chi connectivity index (χ1) is 9.57. The van der Waals surface area contributed by atoms with Gasteiger partial charge in [-0.3, -0.25) is 4.79 Å². The predicted molar refractivity (Wildman–Crippen MR) is 66.6 cm³/mol. The molecule has 112 valence electrons. The summed E-state index contributed by atoms with van der Waals surface area (Å²) in [5.41, 5.74) is -1.32. The number of esters is 1. The topological polar surface area (TPSA) is 71.1 Å². The van der Waals surface area contributed by atoms with Gasteiger partial charge in [0.25, 0.3) is 6.48 Å². The molecule has 3 heterocycles. The van der Waals surface area contributed by atoms with Crippen molar-refractivity contribution in [2.45, 2.75) is 50.8 Å². The molecule has 0 aromatic carbocycles. The van der Waals surface area contributed by atoms with E-state index in [0.717, 1.165) is 12.7 Å². The van der Waals surface area contributed by atoms with E-state index in [1.165, 1.54) is 0 Å². The normalized spacial score (nSPS) is 45.2. The van der Waals surface area contributed by atoms with Crippen LogP contribution in [0, 0.1) is 11.8 Å². The van der Waals surface area contributed by atoms with Crippen LogP contribution in [-0.2, 0) is 28.5 Å². The monoisotopic (exact) mass is 284 g/mol. The molecule has 0 amide bonds. The minimum Gasteiger partial charge on any atom is -0.462 e. The third-order valence-corrected chi connectivity index (χ3v) is 5.01. The Labute approximate surface area is 117 Å². The first kappa shape index (κ1) is 14.0. The van der Waals surface area contributed by atoms with Gasteiger partial charge in [0.2, 0.25) is 0 Å². The number of fused-ring (bicyclic) bond motifs is 3. The molecule has 0 radical (unpaired) electrons. The third kappa shape index (κ3) is 1.75. The molecule has 0 aromatic heterocycles. The smallest absolute Gasteiger partial charge is 0.306 e. The summed E-state index contributed by atoms with van der Waals surface area (Å²) in [6, 6.07) is 0.